The van der Waals surface area contributed by atoms with Gasteiger partial charge in [-0.2, -0.15) is 0 Å². The fraction of sp³-hybridized carbons (Fsp3) is 0.364. The van der Waals surface area contributed by atoms with E-state index in [0.29, 0.717) is 11.3 Å². The zero-order valence-corrected chi connectivity index (χ0v) is 19.1. The van der Waals surface area contributed by atoms with E-state index in [1.165, 1.54) is 17.0 Å². The Morgan fingerprint density at radius 2 is 1.60 bits per heavy atom. The highest BCUT2D eigenvalue weighted by Gasteiger charge is 2.22. The van der Waals surface area contributed by atoms with Gasteiger partial charge in [-0.05, 0) is 61.7 Å². The lowest BCUT2D eigenvalue weighted by Crippen LogP contribution is -2.41. The van der Waals surface area contributed by atoms with Crippen molar-refractivity contribution in [2.45, 2.75) is 26.8 Å². The largest absolute Gasteiger partial charge is 0.348 e. The Hall–Kier alpha value is -2.87. The fourth-order valence-corrected chi connectivity index (χ4v) is 3.82. The van der Waals surface area contributed by atoms with Crippen molar-refractivity contribution < 1.29 is 18.0 Å². The van der Waals surface area contributed by atoms with Gasteiger partial charge in [0, 0.05) is 19.7 Å². The summed E-state index contributed by atoms with van der Waals surface area (Å²) in [5.74, 6) is -0.605. The van der Waals surface area contributed by atoms with Gasteiger partial charge in [0.05, 0.1) is 18.0 Å². The van der Waals surface area contributed by atoms with Crippen molar-refractivity contribution in [2.75, 3.05) is 31.2 Å². The van der Waals surface area contributed by atoms with E-state index in [4.69, 9.17) is 0 Å². The number of carbonyl (C=O) groups is 2. The van der Waals surface area contributed by atoms with Crippen molar-refractivity contribution in [3.8, 4) is 0 Å². The lowest BCUT2D eigenvalue weighted by atomic mass is 10.0. The number of hydrogen-bond donors (Lipinski definition) is 1. The lowest BCUT2D eigenvalue weighted by Gasteiger charge is -2.24. The summed E-state index contributed by atoms with van der Waals surface area (Å²) in [6.45, 7) is 5.52. The normalized spacial score (nSPS) is 12.2. The Kier molecular flexibility index (Phi) is 7.25. The summed E-state index contributed by atoms with van der Waals surface area (Å²) in [6, 6.07) is 11.8. The van der Waals surface area contributed by atoms with E-state index in [1.807, 2.05) is 39.0 Å². The molecule has 1 unspecified atom stereocenters. The Balaban J connectivity index is 2.17. The molecule has 0 spiro atoms. The number of sulfonamides is 1. The Morgan fingerprint density at radius 1 is 1.00 bits per heavy atom. The molecule has 8 heteroatoms. The molecule has 0 saturated heterocycles. The zero-order valence-electron chi connectivity index (χ0n) is 18.3. The summed E-state index contributed by atoms with van der Waals surface area (Å²) >= 11 is 0. The first kappa shape index (κ1) is 23.4. The monoisotopic (exact) mass is 431 g/mol. The minimum atomic E-state index is -3.70. The average Bonchev–Trinajstić information content (AvgIpc) is 2.66. The molecule has 2 aromatic rings. The van der Waals surface area contributed by atoms with Crippen molar-refractivity contribution in [3.63, 3.8) is 0 Å². The van der Waals surface area contributed by atoms with Crippen molar-refractivity contribution in [1.82, 2.24) is 10.2 Å². The zero-order chi connectivity index (χ0) is 22.6. The molecule has 30 heavy (non-hydrogen) atoms. The van der Waals surface area contributed by atoms with Crippen LogP contribution >= 0.6 is 0 Å². The topological polar surface area (TPSA) is 86.8 Å². The fourth-order valence-electron chi connectivity index (χ4n) is 2.96. The van der Waals surface area contributed by atoms with Gasteiger partial charge in [0.2, 0.25) is 15.9 Å². The molecular weight excluding hydrogens is 402 g/mol. The summed E-state index contributed by atoms with van der Waals surface area (Å²) in [4.78, 5) is 26.1. The smallest absolute Gasteiger partial charge is 0.253 e. The molecule has 0 heterocycles. The van der Waals surface area contributed by atoms with E-state index in [1.54, 1.807) is 26.2 Å². The van der Waals surface area contributed by atoms with Crippen molar-refractivity contribution in [1.29, 1.82) is 0 Å². The van der Waals surface area contributed by atoms with Gasteiger partial charge in [-0.25, -0.2) is 8.42 Å². The summed E-state index contributed by atoms with van der Waals surface area (Å²) < 4.78 is 25.6. The second kappa shape index (κ2) is 9.30. The molecule has 1 N–H and O–H groups in total. The maximum absolute atomic E-state index is 12.6. The van der Waals surface area contributed by atoms with Gasteiger partial charge in [-0.15, -0.1) is 0 Å². The third-order valence-corrected chi connectivity index (χ3v) is 6.05. The minimum Gasteiger partial charge on any atom is -0.348 e. The molecule has 162 valence electrons. The maximum atomic E-state index is 12.6. The standard InChI is InChI=1S/C22H29N3O4S/c1-15-7-8-19(13-16(15)2)17(3)23-21(26)14-25(30(6,28)29)20-11-9-18(10-12-20)22(27)24(4)5/h7-13,17H,14H2,1-6H3,(H,23,26). The second-order valence-electron chi connectivity index (χ2n) is 7.65. The van der Waals surface area contributed by atoms with Crippen LogP contribution in [0.2, 0.25) is 0 Å². The van der Waals surface area contributed by atoms with E-state index in [0.717, 1.165) is 27.3 Å². The van der Waals surface area contributed by atoms with Crippen molar-refractivity contribution in [3.05, 3.63) is 64.7 Å². The summed E-state index contributed by atoms with van der Waals surface area (Å²) in [5.41, 5.74) is 3.99. The van der Waals surface area contributed by atoms with Crippen LogP contribution in [0, 0.1) is 13.8 Å². The van der Waals surface area contributed by atoms with Crippen molar-refractivity contribution >= 4 is 27.5 Å². The van der Waals surface area contributed by atoms with Crippen LogP contribution in [0.1, 0.15) is 40.0 Å². The predicted molar refractivity (Wildman–Crippen MR) is 119 cm³/mol. The molecule has 2 aromatic carbocycles. The van der Waals surface area contributed by atoms with Gasteiger partial charge in [0.15, 0.2) is 0 Å². The van der Waals surface area contributed by atoms with Gasteiger partial charge in [-0.3, -0.25) is 13.9 Å². The molecule has 0 fully saturated rings. The number of amides is 2. The molecule has 2 rings (SSSR count). The van der Waals surface area contributed by atoms with Crippen LogP contribution in [0.15, 0.2) is 42.5 Å². The number of nitrogens with zero attached hydrogens (tertiary/aromatic N) is 2. The number of nitrogens with one attached hydrogen (secondary N) is 1. The first-order valence-corrected chi connectivity index (χ1v) is 11.4. The van der Waals surface area contributed by atoms with Gasteiger partial charge in [0.1, 0.15) is 6.54 Å². The first-order chi connectivity index (χ1) is 13.9. The maximum Gasteiger partial charge on any atom is 0.253 e. The lowest BCUT2D eigenvalue weighted by molar-refractivity contribution is -0.120. The molecular formula is C22H29N3O4S. The average molecular weight is 432 g/mol. The van der Waals surface area contributed by atoms with Gasteiger partial charge >= 0.3 is 0 Å². The third kappa shape index (κ3) is 5.82. The van der Waals surface area contributed by atoms with E-state index in [2.05, 4.69) is 5.32 Å². The molecule has 0 aliphatic rings. The number of benzene rings is 2. The van der Waals surface area contributed by atoms with Crippen LogP contribution in [-0.2, 0) is 14.8 Å². The van der Waals surface area contributed by atoms with E-state index in [-0.39, 0.29) is 18.5 Å². The number of carbonyl (C=O) groups excluding carboxylic acids is 2. The van der Waals surface area contributed by atoms with Gasteiger partial charge < -0.3 is 10.2 Å². The minimum absolute atomic E-state index is 0.188. The van der Waals surface area contributed by atoms with Crippen LogP contribution in [0.3, 0.4) is 0 Å². The number of anilines is 1. The van der Waals surface area contributed by atoms with Gasteiger partial charge in [0.25, 0.3) is 5.91 Å². The molecule has 0 radical (unpaired) electrons. The van der Waals surface area contributed by atoms with E-state index < -0.39 is 15.9 Å². The summed E-state index contributed by atoms with van der Waals surface area (Å²) in [5, 5.41) is 2.85. The highest BCUT2D eigenvalue weighted by Crippen LogP contribution is 2.20. The Morgan fingerprint density at radius 3 is 2.10 bits per heavy atom. The SMILES string of the molecule is Cc1ccc(C(C)NC(=O)CN(c2ccc(C(=O)N(C)C)cc2)S(C)(=O)=O)cc1C. The van der Waals surface area contributed by atoms with Crippen molar-refractivity contribution in [2.24, 2.45) is 0 Å². The Bertz CT molecular complexity index is 1030. The molecule has 7 nitrogen and oxygen atoms in total. The van der Waals surface area contributed by atoms with Crippen LogP contribution in [0.25, 0.3) is 0 Å². The number of hydrogen-bond acceptors (Lipinski definition) is 4. The van der Waals surface area contributed by atoms with E-state index >= 15 is 0 Å². The predicted octanol–water partition coefficient (Wildman–Crippen LogP) is 2.65. The van der Waals surface area contributed by atoms with Crippen LogP contribution in [0.5, 0.6) is 0 Å². The molecule has 0 bridgehead atoms. The molecule has 0 aromatic heterocycles. The molecule has 0 saturated carbocycles. The van der Waals surface area contributed by atoms with Gasteiger partial charge in [-0.1, -0.05) is 18.2 Å². The van der Waals surface area contributed by atoms with Crippen LogP contribution < -0.4 is 9.62 Å². The Labute approximate surface area is 178 Å². The highest BCUT2D eigenvalue weighted by molar-refractivity contribution is 7.92. The first-order valence-electron chi connectivity index (χ1n) is 9.56. The third-order valence-electron chi connectivity index (χ3n) is 4.90. The summed E-state index contributed by atoms with van der Waals surface area (Å²) in [6.07, 6.45) is 1.05. The molecule has 0 aliphatic carbocycles. The molecule has 1 atom stereocenters. The summed E-state index contributed by atoms with van der Waals surface area (Å²) in [7, 11) is -0.420. The quantitative estimate of drug-likeness (QED) is 0.730. The number of rotatable bonds is 7. The van der Waals surface area contributed by atoms with E-state index in [9.17, 15) is 18.0 Å². The molecule has 2 amide bonds. The highest BCUT2D eigenvalue weighted by atomic mass is 32.2. The molecule has 0 aliphatic heterocycles. The second-order valence-corrected chi connectivity index (χ2v) is 9.56. The number of aryl methyl sites for hydroxylation is 2. The van der Waals surface area contributed by atoms with Crippen LogP contribution in [-0.4, -0.2) is 52.0 Å². The van der Waals surface area contributed by atoms with Crippen LogP contribution in [0.4, 0.5) is 5.69 Å².